The number of methoxy groups -OCH3 is 1. The fraction of sp³-hybridized carbons (Fsp3) is 0.474. The largest absolute Gasteiger partial charge is 0.496 e. The van der Waals surface area contributed by atoms with Gasteiger partial charge in [-0.3, -0.25) is 4.90 Å². The minimum absolute atomic E-state index is 0.325. The van der Waals surface area contributed by atoms with Gasteiger partial charge in [0.2, 0.25) is 0 Å². The third-order valence-electron chi connectivity index (χ3n) is 4.55. The lowest BCUT2D eigenvalue weighted by Crippen LogP contribution is -2.34. The Labute approximate surface area is 143 Å². The summed E-state index contributed by atoms with van der Waals surface area (Å²) in [6, 6.07) is 12.3. The van der Waals surface area contributed by atoms with Crippen molar-refractivity contribution in [3.8, 4) is 5.75 Å². The van der Waals surface area contributed by atoms with Gasteiger partial charge in [0.1, 0.15) is 5.75 Å². The van der Waals surface area contributed by atoms with Crippen LogP contribution in [0.5, 0.6) is 5.75 Å². The van der Waals surface area contributed by atoms with Crippen LogP contribution >= 0.6 is 0 Å². The molecule has 24 heavy (non-hydrogen) atoms. The van der Waals surface area contributed by atoms with E-state index in [9.17, 15) is 5.11 Å². The second-order valence-corrected chi connectivity index (χ2v) is 6.26. The Morgan fingerprint density at radius 2 is 2.17 bits per heavy atom. The van der Waals surface area contributed by atoms with Gasteiger partial charge in [-0.2, -0.15) is 0 Å². The molecule has 2 heterocycles. The van der Waals surface area contributed by atoms with E-state index >= 15 is 0 Å². The molecule has 3 rings (SSSR count). The van der Waals surface area contributed by atoms with E-state index in [0.29, 0.717) is 25.8 Å². The molecular formula is C19H26N2O3. The summed E-state index contributed by atoms with van der Waals surface area (Å²) in [6.45, 7) is 2.43. The number of para-hydroxylation sites is 1. The van der Waals surface area contributed by atoms with E-state index in [4.69, 9.17) is 9.47 Å². The zero-order valence-corrected chi connectivity index (χ0v) is 14.1. The molecule has 1 aliphatic rings. The fourth-order valence-corrected chi connectivity index (χ4v) is 3.40. The van der Waals surface area contributed by atoms with E-state index in [1.165, 1.54) is 12.1 Å². The van der Waals surface area contributed by atoms with Crippen molar-refractivity contribution in [2.24, 2.45) is 0 Å². The Bertz CT molecular complexity index is 615. The maximum Gasteiger partial charge on any atom is 0.124 e. The van der Waals surface area contributed by atoms with E-state index in [1.54, 1.807) is 7.11 Å². The Morgan fingerprint density at radius 3 is 2.96 bits per heavy atom. The van der Waals surface area contributed by atoms with Crippen molar-refractivity contribution < 1.29 is 14.6 Å². The molecule has 1 aliphatic heterocycles. The first-order valence-electron chi connectivity index (χ1n) is 8.53. The van der Waals surface area contributed by atoms with Crippen LogP contribution in [0.1, 0.15) is 30.1 Å². The molecule has 5 heteroatoms. The van der Waals surface area contributed by atoms with Crippen LogP contribution in [0, 0.1) is 0 Å². The van der Waals surface area contributed by atoms with Crippen molar-refractivity contribution in [1.82, 2.24) is 9.88 Å². The van der Waals surface area contributed by atoms with Crippen molar-refractivity contribution in [2.45, 2.75) is 31.6 Å². The third-order valence-corrected chi connectivity index (χ3v) is 4.55. The van der Waals surface area contributed by atoms with Crippen molar-refractivity contribution in [3.05, 3.63) is 53.9 Å². The van der Waals surface area contributed by atoms with E-state index in [2.05, 4.69) is 16.0 Å². The average Bonchev–Trinajstić information content (AvgIpc) is 3.26. The highest BCUT2D eigenvalue weighted by Crippen LogP contribution is 2.30. The van der Waals surface area contributed by atoms with Gasteiger partial charge in [0, 0.05) is 30.0 Å². The minimum atomic E-state index is -0.490. The van der Waals surface area contributed by atoms with Crippen molar-refractivity contribution >= 4 is 0 Å². The second-order valence-electron chi connectivity index (χ2n) is 6.26. The van der Waals surface area contributed by atoms with Crippen LogP contribution < -0.4 is 4.74 Å². The lowest BCUT2D eigenvalue weighted by atomic mass is 10.1. The summed E-state index contributed by atoms with van der Waals surface area (Å²) in [4.78, 5) is 5.63. The predicted molar refractivity (Wildman–Crippen MR) is 93.0 cm³/mol. The molecule has 1 aromatic heterocycles. The Morgan fingerprint density at radius 1 is 1.29 bits per heavy atom. The zero-order chi connectivity index (χ0) is 16.8. The molecule has 2 N–H and O–H groups in total. The van der Waals surface area contributed by atoms with Gasteiger partial charge >= 0.3 is 0 Å². The first-order valence-corrected chi connectivity index (χ1v) is 8.53. The van der Waals surface area contributed by atoms with Crippen LogP contribution in [-0.4, -0.2) is 47.9 Å². The number of β-amino-alcohol motifs (C(OH)–C–C–N with tert-alkyl or cyclic N) is 1. The van der Waals surface area contributed by atoms with E-state index < -0.39 is 6.10 Å². The number of rotatable bonds is 8. The van der Waals surface area contributed by atoms with Crippen LogP contribution in [0.2, 0.25) is 0 Å². The number of aromatic nitrogens is 1. The molecule has 0 radical (unpaired) electrons. The Balaban J connectivity index is 1.46. The molecule has 2 atom stereocenters. The van der Waals surface area contributed by atoms with E-state index in [1.807, 2.05) is 36.5 Å². The van der Waals surface area contributed by atoms with Gasteiger partial charge in [-0.1, -0.05) is 18.2 Å². The van der Waals surface area contributed by atoms with Crippen molar-refractivity contribution in [3.63, 3.8) is 0 Å². The summed E-state index contributed by atoms with van der Waals surface area (Å²) in [7, 11) is 1.65. The maximum absolute atomic E-state index is 10.3. The molecule has 2 aromatic rings. The second kappa shape index (κ2) is 8.33. The highest BCUT2D eigenvalue weighted by atomic mass is 16.5. The van der Waals surface area contributed by atoms with Gasteiger partial charge in [-0.25, -0.2) is 0 Å². The monoisotopic (exact) mass is 330 g/mol. The van der Waals surface area contributed by atoms with Gasteiger partial charge in [0.05, 0.1) is 26.4 Å². The molecule has 130 valence electrons. The number of ether oxygens (including phenoxy) is 2. The van der Waals surface area contributed by atoms with Crippen LogP contribution in [0.15, 0.2) is 42.6 Å². The first-order chi connectivity index (χ1) is 11.8. The number of aromatic amines is 1. The van der Waals surface area contributed by atoms with Gasteiger partial charge in [0.25, 0.3) is 0 Å². The predicted octanol–water partition coefficient (Wildman–Crippen LogP) is 2.74. The molecule has 5 nitrogen and oxygen atoms in total. The Kier molecular flexibility index (Phi) is 5.91. The summed E-state index contributed by atoms with van der Waals surface area (Å²) >= 11 is 0. The summed E-state index contributed by atoms with van der Waals surface area (Å²) in [6.07, 6.45) is 3.77. The number of hydrogen-bond acceptors (Lipinski definition) is 4. The van der Waals surface area contributed by atoms with E-state index in [0.717, 1.165) is 24.3 Å². The molecule has 0 amide bonds. The highest BCUT2D eigenvalue weighted by molar-refractivity contribution is 5.32. The number of aliphatic hydroxyl groups is 1. The highest BCUT2D eigenvalue weighted by Gasteiger charge is 2.28. The van der Waals surface area contributed by atoms with Crippen molar-refractivity contribution in [1.29, 1.82) is 0 Å². The average molecular weight is 330 g/mol. The number of hydrogen-bond donors (Lipinski definition) is 2. The first kappa shape index (κ1) is 17.0. The maximum atomic E-state index is 10.3. The van der Waals surface area contributed by atoms with Crippen LogP contribution in [0.3, 0.4) is 0 Å². The lowest BCUT2D eigenvalue weighted by molar-refractivity contribution is 0.00704. The van der Waals surface area contributed by atoms with Crippen LogP contribution in [0.4, 0.5) is 0 Å². The Hall–Kier alpha value is -1.82. The lowest BCUT2D eigenvalue weighted by Gasteiger charge is -2.26. The fourth-order valence-electron chi connectivity index (χ4n) is 3.40. The molecule has 2 unspecified atom stereocenters. The molecule has 1 aromatic carbocycles. The number of H-pyrrole nitrogens is 1. The molecule has 0 spiro atoms. The third kappa shape index (κ3) is 4.17. The smallest absolute Gasteiger partial charge is 0.124 e. The molecular weight excluding hydrogens is 304 g/mol. The number of nitrogens with one attached hydrogen (secondary N) is 1. The molecule has 1 fully saturated rings. The topological polar surface area (TPSA) is 57.7 Å². The normalized spacial score (nSPS) is 19.5. The number of likely N-dealkylation sites (tertiary alicyclic amines) is 1. The molecule has 1 saturated heterocycles. The summed E-state index contributed by atoms with van der Waals surface area (Å²) in [5.41, 5.74) is 2.23. The SMILES string of the molecule is COc1ccccc1COCC(O)CN1CCCC1c1ccc[nH]1. The van der Waals surface area contributed by atoms with Gasteiger partial charge in [0.15, 0.2) is 0 Å². The quantitative estimate of drug-likeness (QED) is 0.781. The summed E-state index contributed by atoms with van der Waals surface area (Å²) in [5.74, 6) is 0.818. The van der Waals surface area contributed by atoms with Gasteiger partial charge in [-0.05, 0) is 37.6 Å². The van der Waals surface area contributed by atoms with Crippen LogP contribution in [-0.2, 0) is 11.3 Å². The molecule has 0 bridgehead atoms. The minimum Gasteiger partial charge on any atom is -0.496 e. The molecule has 0 saturated carbocycles. The van der Waals surface area contributed by atoms with Crippen molar-refractivity contribution in [2.75, 3.05) is 26.8 Å². The zero-order valence-electron chi connectivity index (χ0n) is 14.1. The number of aliphatic hydroxyl groups excluding tert-OH is 1. The standard InChI is InChI=1S/C19H26N2O3/c1-23-19-9-3-2-6-15(19)13-24-14-16(22)12-21-11-5-8-18(21)17-7-4-10-20-17/h2-4,6-7,9-10,16,18,20,22H,5,8,11-14H2,1H3. The van der Waals surface area contributed by atoms with Crippen LogP contribution in [0.25, 0.3) is 0 Å². The van der Waals surface area contributed by atoms with Gasteiger partial charge < -0.3 is 19.6 Å². The molecule has 0 aliphatic carbocycles. The van der Waals surface area contributed by atoms with E-state index in [-0.39, 0.29) is 0 Å². The van der Waals surface area contributed by atoms with Gasteiger partial charge in [-0.15, -0.1) is 0 Å². The number of benzene rings is 1. The number of nitrogens with zero attached hydrogens (tertiary/aromatic N) is 1. The summed E-state index contributed by atoms with van der Waals surface area (Å²) < 4.78 is 11.0. The summed E-state index contributed by atoms with van der Waals surface area (Å²) in [5, 5.41) is 10.3.